The molecule has 0 radical (unpaired) electrons. The number of rotatable bonds is 5. The Kier molecular flexibility index (Phi) is 8.19. The highest BCUT2D eigenvalue weighted by atomic mass is 35.5. The van der Waals surface area contributed by atoms with Gasteiger partial charge in [-0.05, 0) is 12.0 Å². The molecule has 0 heterocycles. The Morgan fingerprint density at radius 2 is 2.06 bits per heavy atom. The standard InChI is InChI=1S/C12H18N2O2.ClH/c1-2-11(13)8-14-12(15)16-9-10-6-4-3-5-7-10;/h3-7,11H,2,8-9,13H2,1H3,(H,14,15);1H/t11-;/m1./s1. The number of nitrogens with two attached hydrogens (primary N) is 1. The molecule has 0 bridgehead atoms. The second-order valence-corrected chi connectivity index (χ2v) is 3.61. The predicted octanol–water partition coefficient (Wildman–Crippen LogP) is 2.07. The van der Waals surface area contributed by atoms with E-state index in [1.807, 2.05) is 37.3 Å². The van der Waals surface area contributed by atoms with E-state index in [1.165, 1.54) is 0 Å². The van der Waals surface area contributed by atoms with E-state index >= 15 is 0 Å². The van der Waals surface area contributed by atoms with Crippen LogP contribution in [0, 0.1) is 0 Å². The normalized spacial score (nSPS) is 11.2. The summed E-state index contributed by atoms with van der Waals surface area (Å²) in [7, 11) is 0. The van der Waals surface area contributed by atoms with Crippen molar-refractivity contribution in [3.05, 3.63) is 35.9 Å². The smallest absolute Gasteiger partial charge is 0.407 e. The fourth-order valence-electron chi connectivity index (χ4n) is 1.13. The van der Waals surface area contributed by atoms with E-state index in [9.17, 15) is 4.79 Å². The van der Waals surface area contributed by atoms with Crippen LogP contribution in [0.5, 0.6) is 0 Å². The van der Waals surface area contributed by atoms with Crippen molar-refractivity contribution in [3.8, 4) is 0 Å². The first kappa shape index (κ1) is 15.7. The Morgan fingerprint density at radius 3 is 2.65 bits per heavy atom. The maximum atomic E-state index is 11.2. The Bertz CT molecular complexity index is 320. The van der Waals surface area contributed by atoms with Crippen LogP contribution in [0.2, 0.25) is 0 Å². The quantitative estimate of drug-likeness (QED) is 0.850. The van der Waals surface area contributed by atoms with Gasteiger partial charge in [-0.25, -0.2) is 4.79 Å². The molecule has 0 spiro atoms. The molecule has 4 nitrogen and oxygen atoms in total. The van der Waals surface area contributed by atoms with Gasteiger partial charge in [-0.3, -0.25) is 0 Å². The van der Waals surface area contributed by atoms with Crippen LogP contribution in [-0.4, -0.2) is 18.7 Å². The van der Waals surface area contributed by atoms with Gasteiger partial charge in [-0.2, -0.15) is 0 Å². The summed E-state index contributed by atoms with van der Waals surface area (Å²) < 4.78 is 5.02. The molecular formula is C12H19ClN2O2. The fourth-order valence-corrected chi connectivity index (χ4v) is 1.13. The predicted molar refractivity (Wildman–Crippen MR) is 70.1 cm³/mol. The molecule has 0 aliphatic carbocycles. The van der Waals surface area contributed by atoms with Crippen molar-refractivity contribution in [2.75, 3.05) is 6.54 Å². The van der Waals surface area contributed by atoms with E-state index < -0.39 is 6.09 Å². The lowest BCUT2D eigenvalue weighted by atomic mass is 10.2. The highest BCUT2D eigenvalue weighted by Gasteiger charge is 2.04. The third kappa shape index (κ3) is 6.81. The zero-order valence-electron chi connectivity index (χ0n) is 9.89. The maximum Gasteiger partial charge on any atom is 0.407 e. The molecule has 3 N–H and O–H groups in total. The topological polar surface area (TPSA) is 64.3 Å². The molecular weight excluding hydrogens is 240 g/mol. The lowest BCUT2D eigenvalue weighted by Gasteiger charge is -2.10. The molecule has 0 aliphatic heterocycles. The van der Waals surface area contributed by atoms with Gasteiger partial charge < -0.3 is 15.8 Å². The summed E-state index contributed by atoms with van der Waals surface area (Å²) in [6.45, 7) is 2.71. The van der Waals surface area contributed by atoms with Crippen LogP contribution in [0.25, 0.3) is 0 Å². The Morgan fingerprint density at radius 1 is 1.41 bits per heavy atom. The molecule has 0 aromatic heterocycles. The summed E-state index contributed by atoms with van der Waals surface area (Å²) in [6.07, 6.45) is 0.409. The van der Waals surface area contributed by atoms with Crippen LogP contribution >= 0.6 is 12.4 Å². The summed E-state index contributed by atoms with van der Waals surface area (Å²) in [5.41, 5.74) is 6.63. The average Bonchev–Trinajstić information content (AvgIpc) is 2.34. The van der Waals surface area contributed by atoms with E-state index in [-0.39, 0.29) is 25.1 Å². The number of nitrogens with one attached hydrogen (secondary N) is 1. The summed E-state index contributed by atoms with van der Waals surface area (Å²) in [5.74, 6) is 0. The number of hydrogen-bond donors (Lipinski definition) is 2. The monoisotopic (exact) mass is 258 g/mol. The van der Waals surface area contributed by atoms with Crippen molar-refractivity contribution in [1.82, 2.24) is 5.32 Å². The number of carbonyl (C=O) groups is 1. The number of ether oxygens (including phenoxy) is 1. The molecule has 0 aliphatic rings. The van der Waals surface area contributed by atoms with Crippen molar-refractivity contribution < 1.29 is 9.53 Å². The first-order valence-corrected chi connectivity index (χ1v) is 5.42. The van der Waals surface area contributed by atoms with Crippen molar-refractivity contribution in [2.24, 2.45) is 5.73 Å². The molecule has 1 rings (SSSR count). The van der Waals surface area contributed by atoms with E-state index in [0.29, 0.717) is 6.54 Å². The Hall–Kier alpha value is -1.26. The largest absolute Gasteiger partial charge is 0.445 e. The van der Waals surface area contributed by atoms with E-state index in [4.69, 9.17) is 10.5 Å². The van der Waals surface area contributed by atoms with Gasteiger partial charge >= 0.3 is 6.09 Å². The molecule has 0 saturated heterocycles. The third-order valence-corrected chi connectivity index (χ3v) is 2.25. The van der Waals surface area contributed by atoms with Crippen molar-refractivity contribution in [3.63, 3.8) is 0 Å². The Balaban J connectivity index is 0.00000256. The number of carbonyl (C=O) groups excluding carboxylic acids is 1. The lowest BCUT2D eigenvalue weighted by molar-refractivity contribution is 0.139. The van der Waals surface area contributed by atoms with Crippen molar-refractivity contribution >= 4 is 18.5 Å². The van der Waals surface area contributed by atoms with Gasteiger partial charge in [-0.1, -0.05) is 37.3 Å². The first-order chi connectivity index (χ1) is 7.72. The van der Waals surface area contributed by atoms with Crippen LogP contribution in [0.15, 0.2) is 30.3 Å². The van der Waals surface area contributed by atoms with Gasteiger partial charge in [0.15, 0.2) is 0 Å². The fraction of sp³-hybridized carbons (Fsp3) is 0.417. The molecule has 0 unspecified atom stereocenters. The second kappa shape index (κ2) is 8.84. The summed E-state index contributed by atoms with van der Waals surface area (Å²) in [5, 5.41) is 2.62. The number of benzene rings is 1. The van der Waals surface area contributed by atoms with Gasteiger partial charge in [0.2, 0.25) is 0 Å². The summed E-state index contributed by atoms with van der Waals surface area (Å²) >= 11 is 0. The van der Waals surface area contributed by atoms with Crippen LogP contribution < -0.4 is 11.1 Å². The van der Waals surface area contributed by atoms with Crippen LogP contribution in [-0.2, 0) is 11.3 Å². The summed E-state index contributed by atoms with van der Waals surface area (Å²) in [4.78, 5) is 11.2. The van der Waals surface area contributed by atoms with Gasteiger partial charge in [0.25, 0.3) is 0 Å². The van der Waals surface area contributed by atoms with Gasteiger partial charge in [0.1, 0.15) is 6.61 Å². The average molecular weight is 259 g/mol. The van der Waals surface area contributed by atoms with Crippen LogP contribution in [0.1, 0.15) is 18.9 Å². The third-order valence-electron chi connectivity index (χ3n) is 2.25. The van der Waals surface area contributed by atoms with Gasteiger partial charge in [0.05, 0.1) is 0 Å². The zero-order valence-corrected chi connectivity index (χ0v) is 10.7. The van der Waals surface area contributed by atoms with E-state index in [2.05, 4.69) is 5.32 Å². The number of amides is 1. The van der Waals surface area contributed by atoms with Gasteiger partial charge in [-0.15, -0.1) is 12.4 Å². The zero-order chi connectivity index (χ0) is 11.8. The maximum absolute atomic E-state index is 11.2. The highest BCUT2D eigenvalue weighted by molar-refractivity contribution is 5.85. The van der Waals surface area contributed by atoms with E-state index in [1.54, 1.807) is 0 Å². The minimum Gasteiger partial charge on any atom is -0.445 e. The molecule has 0 fully saturated rings. The molecule has 96 valence electrons. The number of halogens is 1. The molecule has 1 amide bonds. The van der Waals surface area contributed by atoms with Crippen LogP contribution in [0.4, 0.5) is 4.79 Å². The molecule has 0 saturated carbocycles. The van der Waals surface area contributed by atoms with Crippen molar-refractivity contribution in [2.45, 2.75) is 26.0 Å². The highest BCUT2D eigenvalue weighted by Crippen LogP contribution is 2.00. The first-order valence-electron chi connectivity index (χ1n) is 5.42. The van der Waals surface area contributed by atoms with E-state index in [0.717, 1.165) is 12.0 Å². The number of alkyl carbamates (subject to hydrolysis) is 1. The molecule has 1 aromatic carbocycles. The van der Waals surface area contributed by atoms with Gasteiger partial charge in [0, 0.05) is 12.6 Å². The summed E-state index contributed by atoms with van der Waals surface area (Å²) in [6, 6.07) is 9.54. The number of hydrogen-bond acceptors (Lipinski definition) is 3. The lowest BCUT2D eigenvalue weighted by Crippen LogP contribution is -2.36. The minimum absolute atomic E-state index is 0. The molecule has 1 atom stereocenters. The van der Waals surface area contributed by atoms with Crippen molar-refractivity contribution in [1.29, 1.82) is 0 Å². The molecule has 5 heteroatoms. The SMILES string of the molecule is CC[C@@H](N)CNC(=O)OCc1ccccc1.Cl. The second-order valence-electron chi connectivity index (χ2n) is 3.61. The molecule has 17 heavy (non-hydrogen) atoms. The Labute approximate surface area is 108 Å². The van der Waals surface area contributed by atoms with Crippen LogP contribution in [0.3, 0.4) is 0 Å². The minimum atomic E-state index is -0.423. The molecule has 1 aromatic rings.